The predicted octanol–water partition coefficient (Wildman–Crippen LogP) is 1.60. The molecule has 0 radical (unpaired) electrons. The maximum Gasteiger partial charge on any atom is 0.321 e. The molecule has 1 heterocycles. The Morgan fingerprint density at radius 3 is 2.32 bits per heavy atom. The summed E-state index contributed by atoms with van der Waals surface area (Å²) in [6.45, 7) is 4.98. The van der Waals surface area contributed by atoms with Gasteiger partial charge < -0.3 is 15.1 Å². The minimum atomic E-state index is -0.476. The zero-order valence-electron chi connectivity index (χ0n) is 12.5. The average molecular weight is 306 g/mol. The second kappa shape index (κ2) is 6.42. The van der Waals surface area contributed by atoms with E-state index in [-0.39, 0.29) is 17.6 Å². The molecule has 8 heteroatoms. The van der Waals surface area contributed by atoms with Gasteiger partial charge in [0.1, 0.15) is 0 Å². The SMILES string of the molecule is CC(=O)N1CCN(C(=O)Nc2cccc([N+](=O)[O-])c2C)CC1. The molecule has 0 aliphatic carbocycles. The van der Waals surface area contributed by atoms with Crippen LogP contribution in [0.3, 0.4) is 0 Å². The number of amides is 3. The maximum atomic E-state index is 12.2. The van der Waals surface area contributed by atoms with Gasteiger partial charge in [-0.2, -0.15) is 0 Å². The van der Waals surface area contributed by atoms with Crippen molar-refractivity contribution >= 4 is 23.3 Å². The van der Waals surface area contributed by atoms with Gasteiger partial charge in [-0.1, -0.05) is 6.07 Å². The molecule has 22 heavy (non-hydrogen) atoms. The molecule has 0 atom stereocenters. The van der Waals surface area contributed by atoms with Crippen molar-refractivity contribution in [1.82, 2.24) is 9.80 Å². The van der Waals surface area contributed by atoms with Crippen molar-refractivity contribution in [1.29, 1.82) is 0 Å². The third-order valence-corrected chi connectivity index (χ3v) is 3.76. The minimum absolute atomic E-state index is 0.00501. The monoisotopic (exact) mass is 306 g/mol. The zero-order chi connectivity index (χ0) is 16.3. The van der Waals surface area contributed by atoms with Gasteiger partial charge in [0, 0.05) is 39.2 Å². The Bertz CT molecular complexity index is 609. The van der Waals surface area contributed by atoms with E-state index < -0.39 is 4.92 Å². The van der Waals surface area contributed by atoms with Gasteiger partial charge in [-0.05, 0) is 13.0 Å². The van der Waals surface area contributed by atoms with Gasteiger partial charge in [0.25, 0.3) is 5.69 Å². The number of rotatable bonds is 2. The third-order valence-electron chi connectivity index (χ3n) is 3.76. The van der Waals surface area contributed by atoms with Crippen LogP contribution >= 0.6 is 0 Å². The number of anilines is 1. The first-order valence-electron chi connectivity index (χ1n) is 6.95. The van der Waals surface area contributed by atoms with Crippen LogP contribution in [0.15, 0.2) is 18.2 Å². The molecule has 1 aliphatic heterocycles. The summed E-state index contributed by atoms with van der Waals surface area (Å²) < 4.78 is 0. The molecular weight excluding hydrogens is 288 g/mol. The van der Waals surface area contributed by atoms with Gasteiger partial charge in [-0.15, -0.1) is 0 Å². The fraction of sp³-hybridized carbons (Fsp3) is 0.429. The first kappa shape index (κ1) is 15.7. The second-order valence-electron chi connectivity index (χ2n) is 5.13. The molecule has 8 nitrogen and oxygen atoms in total. The lowest BCUT2D eigenvalue weighted by molar-refractivity contribution is -0.385. The van der Waals surface area contributed by atoms with Crippen molar-refractivity contribution in [2.75, 3.05) is 31.5 Å². The lowest BCUT2D eigenvalue weighted by Gasteiger charge is -2.34. The summed E-state index contributed by atoms with van der Waals surface area (Å²) in [6, 6.07) is 4.25. The number of benzene rings is 1. The first-order chi connectivity index (χ1) is 10.4. The van der Waals surface area contributed by atoms with E-state index >= 15 is 0 Å². The standard InChI is InChI=1S/C14H18N4O4/c1-10-12(4-3-5-13(10)18(21)22)15-14(20)17-8-6-16(7-9-17)11(2)19/h3-5H,6-9H2,1-2H3,(H,15,20). The number of nitro benzene ring substituents is 1. The average Bonchev–Trinajstić information content (AvgIpc) is 2.49. The van der Waals surface area contributed by atoms with Crippen LogP contribution in [-0.4, -0.2) is 52.8 Å². The summed E-state index contributed by atoms with van der Waals surface area (Å²) in [5.74, 6) is -0.00501. The third kappa shape index (κ3) is 3.33. The van der Waals surface area contributed by atoms with E-state index in [1.54, 1.807) is 22.8 Å². The van der Waals surface area contributed by atoms with Gasteiger partial charge >= 0.3 is 6.03 Å². The maximum absolute atomic E-state index is 12.2. The molecule has 1 aromatic carbocycles. The molecule has 1 fully saturated rings. The molecule has 0 aromatic heterocycles. The molecule has 0 unspecified atom stereocenters. The highest BCUT2D eigenvalue weighted by Gasteiger charge is 2.23. The highest BCUT2D eigenvalue weighted by atomic mass is 16.6. The minimum Gasteiger partial charge on any atom is -0.339 e. The van der Waals surface area contributed by atoms with Gasteiger partial charge in [-0.3, -0.25) is 14.9 Å². The molecule has 0 bridgehead atoms. The van der Waals surface area contributed by atoms with Gasteiger partial charge in [0.15, 0.2) is 0 Å². The molecule has 1 aliphatic rings. The van der Waals surface area contributed by atoms with E-state index in [1.807, 2.05) is 0 Å². The molecule has 0 saturated carbocycles. The van der Waals surface area contributed by atoms with Gasteiger partial charge in [0.2, 0.25) is 5.91 Å². The molecular formula is C14H18N4O4. The van der Waals surface area contributed by atoms with Gasteiger partial charge in [-0.25, -0.2) is 4.79 Å². The molecule has 3 amide bonds. The molecule has 0 spiro atoms. The summed E-state index contributed by atoms with van der Waals surface area (Å²) in [7, 11) is 0. The van der Waals surface area contributed by atoms with Crippen molar-refractivity contribution in [2.45, 2.75) is 13.8 Å². The first-order valence-corrected chi connectivity index (χ1v) is 6.95. The van der Waals surface area contributed by atoms with E-state index in [4.69, 9.17) is 0 Å². The molecule has 1 aromatic rings. The van der Waals surface area contributed by atoms with Crippen LogP contribution < -0.4 is 5.32 Å². The molecule has 118 valence electrons. The Morgan fingerprint density at radius 2 is 1.77 bits per heavy atom. The predicted molar refractivity (Wildman–Crippen MR) is 80.7 cm³/mol. The molecule has 1 saturated heterocycles. The number of hydrogen-bond acceptors (Lipinski definition) is 4. The lowest BCUT2D eigenvalue weighted by Crippen LogP contribution is -2.51. The number of piperazine rings is 1. The Kier molecular flexibility index (Phi) is 4.59. The zero-order valence-corrected chi connectivity index (χ0v) is 12.5. The van der Waals surface area contributed by atoms with Crippen LogP contribution in [0.5, 0.6) is 0 Å². The number of nitro groups is 1. The quantitative estimate of drug-likeness (QED) is 0.663. The number of carbonyl (C=O) groups is 2. The highest BCUT2D eigenvalue weighted by molar-refractivity contribution is 5.91. The van der Waals surface area contributed by atoms with E-state index in [0.717, 1.165) is 0 Å². The van der Waals surface area contributed by atoms with Gasteiger partial charge in [0.05, 0.1) is 16.2 Å². The lowest BCUT2D eigenvalue weighted by atomic mass is 10.1. The summed E-state index contributed by atoms with van der Waals surface area (Å²) in [6.07, 6.45) is 0. The Balaban J connectivity index is 2.03. The van der Waals surface area contributed by atoms with Crippen LogP contribution in [0.25, 0.3) is 0 Å². The van der Waals surface area contributed by atoms with Crippen LogP contribution in [0.2, 0.25) is 0 Å². The van der Waals surface area contributed by atoms with Crippen LogP contribution in [0.4, 0.5) is 16.2 Å². The fourth-order valence-electron chi connectivity index (χ4n) is 2.38. The summed E-state index contributed by atoms with van der Waals surface area (Å²) >= 11 is 0. The normalized spacial score (nSPS) is 14.6. The molecule has 1 N–H and O–H groups in total. The summed E-state index contributed by atoms with van der Waals surface area (Å²) in [5.41, 5.74) is 0.815. The van der Waals surface area contributed by atoms with Crippen LogP contribution in [0, 0.1) is 17.0 Å². The van der Waals surface area contributed by atoms with Crippen molar-refractivity contribution in [3.63, 3.8) is 0 Å². The number of nitrogens with one attached hydrogen (secondary N) is 1. The highest BCUT2D eigenvalue weighted by Crippen LogP contribution is 2.25. The van der Waals surface area contributed by atoms with E-state index in [9.17, 15) is 19.7 Å². The number of nitrogens with zero attached hydrogens (tertiary/aromatic N) is 3. The van der Waals surface area contributed by atoms with Crippen LogP contribution in [-0.2, 0) is 4.79 Å². The Morgan fingerprint density at radius 1 is 1.18 bits per heavy atom. The number of urea groups is 1. The summed E-state index contributed by atoms with van der Waals surface area (Å²) in [5, 5.41) is 13.6. The largest absolute Gasteiger partial charge is 0.339 e. The Labute approximate surface area is 127 Å². The van der Waals surface area contributed by atoms with Crippen LogP contribution in [0.1, 0.15) is 12.5 Å². The van der Waals surface area contributed by atoms with E-state index in [0.29, 0.717) is 37.4 Å². The van der Waals surface area contributed by atoms with Crippen molar-refractivity contribution in [3.8, 4) is 0 Å². The number of hydrogen-bond donors (Lipinski definition) is 1. The van der Waals surface area contributed by atoms with E-state index in [2.05, 4.69) is 5.32 Å². The fourth-order valence-corrected chi connectivity index (χ4v) is 2.38. The molecule has 2 rings (SSSR count). The smallest absolute Gasteiger partial charge is 0.321 e. The topological polar surface area (TPSA) is 95.8 Å². The Hall–Kier alpha value is -2.64. The van der Waals surface area contributed by atoms with E-state index in [1.165, 1.54) is 19.1 Å². The van der Waals surface area contributed by atoms with Crippen molar-refractivity contribution in [3.05, 3.63) is 33.9 Å². The van der Waals surface area contributed by atoms with Crippen molar-refractivity contribution < 1.29 is 14.5 Å². The van der Waals surface area contributed by atoms with Crippen molar-refractivity contribution in [2.24, 2.45) is 0 Å². The second-order valence-corrected chi connectivity index (χ2v) is 5.13. The summed E-state index contributed by atoms with van der Waals surface area (Å²) in [4.78, 5) is 37.2. The number of carbonyl (C=O) groups excluding carboxylic acids is 2.